The number of aromatic nitrogens is 1. The Hall–Kier alpha value is -3.32. The molecule has 1 aromatic heterocycles. The van der Waals surface area contributed by atoms with E-state index in [-0.39, 0.29) is 5.91 Å². The fraction of sp³-hybridized carbons (Fsp3) is 0.407. The van der Waals surface area contributed by atoms with Crippen LogP contribution >= 0.6 is 0 Å². The SMILES string of the molecule is COCCCN(Cc1c(-c2ccccc2)noc1N1CCCCC1)C(=O)c1cccc(OC)c1. The summed E-state index contributed by atoms with van der Waals surface area (Å²) in [4.78, 5) is 17.8. The molecule has 2 aromatic carbocycles. The number of piperidine rings is 1. The number of amides is 1. The van der Waals surface area contributed by atoms with E-state index in [4.69, 9.17) is 14.0 Å². The molecule has 0 atom stereocenters. The highest BCUT2D eigenvalue weighted by molar-refractivity contribution is 5.94. The Labute approximate surface area is 201 Å². The summed E-state index contributed by atoms with van der Waals surface area (Å²) < 4.78 is 16.5. The van der Waals surface area contributed by atoms with Crippen LogP contribution in [0, 0.1) is 0 Å². The second kappa shape index (κ2) is 11.7. The molecule has 0 saturated carbocycles. The fourth-order valence-corrected chi connectivity index (χ4v) is 4.39. The van der Waals surface area contributed by atoms with Gasteiger partial charge in [-0.2, -0.15) is 0 Å². The molecular formula is C27H33N3O4. The van der Waals surface area contributed by atoms with Crippen LogP contribution < -0.4 is 9.64 Å². The Bertz CT molecular complexity index is 1060. The summed E-state index contributed by atoms with van der Waals surface area (Å²) in [6.07, 6.45) is 4.21. The maximum atomic E-state index is 13.6. The highest BCUT2D eigenvalue weighted by atomic mass is 16.5. The fourth-order valence-electron chi connectivity index (χ4n) is 4.39. The van der Waals surface area contributed by atoms with Crippen molar-refractivity contribution >= 4 is 11.8 Å². The van der Waals surface area contributed by atoms with E-state index in [9.17, 15) is 4.79 Å². The lowest BCUT2D eigenvalue weighted by Gasteiger charge is -2.28. The number of benzene rings is 2. The van der Waals surface area contributed by atoms with Gasteiger partial charge in [-0.1, -0.05) is 41.6 Å². The van der Waals surface area contributed by atoms with E-state index in [2.05, 4.69) is 10.1 Å². The molecule has 0 aliphatic carbocycles. The van der Waals surface area contributed by atoms with Gasteiger partial charge in [-0.25, -0.2) is 0 Å². The molecule has 4 rings (SSSR count). The van der Waals surface area contributed by atoms with Gasteiger partial charge in [0.15, 0.2) is 0 Å². The highest BCUT2D eigenvalue weighted by Gasteiger charge is 2.27. The molecule has 1 aliphatic heterocycles. The summed E-state index contributed by atoms with van der Waals surface area (Å²) in [6.45, 7) is 3.41. The predicted molar refractivity (Wildman–Crippen MR) is 132 cm³/mol. The number of rotatable bonds is 10. The first-order valence-electron chi connectivity index (χ1n) is 11.9. The molecule has 0 N–H and O–H groups in total. The third-order valence-corrected chi connectivity index (χ3v) is 6.19. The molecule has 0 bridgehead atoms. The normalized spacial score (nSPS) is 13.6. The number of nitrogens with zero attached hydrogens (tertiary/aromatic N) is 3. The molecule has 7 heteroatoms. The zero-order valence-corrected chi connectivity index (χ0v) is 20.0. The summed E-state index contributed by atoms with van der Waals surface area (Å²) >= 11 is 0. The van der Waals surface area contributed by atoms with Crippen molar-refractivity contribution in [1.82, 2.24) is 10.1 Å². The van der Waals surface area contributed by atoms with Crippen LogP contribution in [0.2, 0.25) is 0 Å². The third-order valence-electron chi connectivity index (χ3n) is 6.19. The number of carbonyl (C=O) groups excluding carboxylic acids is 1. The predicted octanol–water partition coefficient (Wildman–Crippen LogP) is 5.02. The first kappa shape index (κ1) is 23.8. The zero-order chi connectivity index (χ0) is 23.8. The second-order valence-corrected chi connectivity index (χ2v) is 8.53. The van der Waals surface area contributed by atoms with E-state index in [1.165, 1.54) is 6.42 Å². The van der Waals surface area contributed by atoms with Crippen molar-refractivity contribution in [1.29, 1.82) is 0 Å². The van der Waals surface area contributed by atoms with Crippen LogP contribution in [0.3, 0.4) is 0 Å². The first-order chi connectivity index (χ1) is 16.7. The summed E-state index contributed by atoms with van der Waals surface area (Å²) in [7, 11) is 3.28. The van der Waals surface area contributed by atoms with Crippen molar-refractivity contribution in [2.45, 2.75) is 32.2 Å². The van der Waals surface area contributed by atoms with E-state index in [0.29, 0.717) is 31.0 Å². The van der Waals surface area contributed by atoms with Crippen LogP contribution in [0.25, 0.3) is 11.3 Å². The number of anilines is 1. The molecule has 0 radical (unpaired) electrons. The van der Waals surface area contributed by atoms with Crippen molar-refractivity contribution in [3.63, 3.8) is 0 Å². The smallest absolute Gasteiger partial charge is 0.254 e. The minimum Gasteiger partial charge on any atom is -0.497 e. The molecule has 7 nitrogen and oxygen atoms in total. The Kier molecular flexibility index (Phi) is 8.20. The van der Waals surface area contributed by atoms with Crippen LogP contribution in [-0.4, -0.2) is 56.4 Å². The largest absolute Gasteiger partial charge is 0.497 e. The number of ether oxygens (including phenoxy) is 2. The summed E-state index contributed by atoms with van der Waals surface area (Å²) in [5.41, 5.74) is 3.31. The van der Waals surface area contributed by atoms with E-state index in [0.717, 1.165) is 55.1 Å². The number of hydrogen-bond donors (Lipinski definition) is 0. The van der Waals surface area contributed by atoms with E-state index < -0.39 is 0 Å². The monoisotopic (exact) mass is 463 g/mol. The lowest BCUT2D eigenvalue weighted by Crippen LogP contribution is -2.34. The van der Waals surface area contributed by atoms with Crippen LogP contribution in [0.4, 0.5) is 5.88 Å². The van der Waals surface area contributed by atoms with Crippen molar-refractivity contribution in [2.24, 2.45) is 0 Å². The number of hydrogen-bond acceptors (Lipinski definition) is 6. The summed E-state index contributed by atoms with van der Waals surface area (Å²) in [6, 6.07) is 17.3. The summed E-state index contributed by atoms with van der Waals surface area (Å²) in [5, 5.41) is 4.47. The van der Waals surface area contributed by atoms with E-state index >= 15 is 0 Å². The molecule has 1 saturated heterocycles. The minimum atomic E-state index is -0.0557. The van der Waals surface area contributed by atoms with Crippen molar-refractivity contribution < 1.29 is 18.8 Å². The Morgan fingerprint density at radius 3 is 2.59 bits per heavy atom. The average molecular weight is 464 g/mol. The highest BCUT2D eigenvalue weighted by Crippen LogP contribution is 2.34. The van der Waals surface area contributed by atoms with Gasteiger partial charge in [0, 0.05) is 44.5 Å². The van der Waals surface area contributed by atoms with Crippen LogP contribution in [0.15, 0.2) is 59.1 Å². The molecule has 1 fully saturated rings. The zero-order valence-electron chi connectivity index (χ0n) is 20.0. The topological polar surface area (TPSA) is 68.0 Å². The third kappa shape index (κ3) is 5.59. The molecule has 0 spiro atoms. The maximum Gasteiger partial charge on any atom is 0.254 e. The van der Waals surface area contributed by atoms with Gasteiger partial charge in [-0.15, -0.1) is 0 Å². The molecule has 1 aliphatic rings. The van der Waals surface area contributed by atoms with Gasteiger partial charge >= 0.3 is 0 Å². The number of methoxy groups -OCH3 is 2. The first-order valence-corrected chi connectivity index (χ1v) is 11.9. The van der Waals surface area contributed by atoms with Gasteiger partial charge in [0.25, 0.3) is 5.91 Å². The Morgan fingerprint density at radius 1 is 1.06 bits per heavy atom. The van der Waals surface area contributed by atoms with Crippen LogP contribution in [-0.2, 0) is 11.3 Å². The van der Waals surface area contributed by atoms with Crippen LogP contribution in [0.5, 0.6) is 5.75 Å². The van der Waals surface area contributed by atoms with Gasteiger partial charge in [0.1, 0.15) is 11.4 Å². The molecule has 0 unspecified atom stereocenters. The van der Waals surface area contributed by atoms with E-state index in [1.54, 1.807) is 20.3 Å². The minimum absolute atomic E-state index is 0.0557. The second-order valence-electron chi connectivity index (χ2n) is 8.53. The van der Waals surface area contributed by atoms with Gasteiger partial charge in [0.05, 0.1) is 19.2 Å². The van der Waals surface area contributed by atoms with Gasteiger partial charge < -0.3 is 23.8 Å². The Balaban J connectivity index is 1.70. The van der Waals surface area contributed by atoms with Gasteiger partial charge in [-0.3, -0.25) is 4.79 Å². The summed E-state index contributed by atoms with van der Waals surface area (Å²) in [5.74, 6) is 1.38. The van der Waals surface area contributed by atoms with Gasteiger partial charge in [0.2, 0.25) is 5.88 Å². The van der Waals surface area contributed by atoms with E-state index in [1.807, 2.05) is 53.4 Å². The van der Waals surface area contributed by atoms with Gasteiger partial charge in [-0.05, 0) is 43.9 Å². The molecule has 2 heterocycles. The van der Waals surface area contributed by atoms with Crippen molar-refractivity contribution in [3.8, 4) is 17.0 Å². The van der Waals surface area contributed by atoms with Crippen molar-refractivity contribution in [2.75, 3.05) is 45.4 Å². The standard InChI is InChI=1S/C27H33N3O4/c1-32-18-10-17-30(26(31)22-13-9-14-23(19-22)33-2)20-24-25(21-11-5-3-6-12-21)28-34-27(24)29-15-7-4-8-16-29/h3,5-6,9,11-14,19H,4,7-8,10,15-18,20H2,1-2H3. The molecular weight excluding hydrogens is 430 g/mol. The van der Waals surface area contributed by atoms with Crippen molar-refractivity contribution in [3.05, 3.63) is 65.7 Å². The molecule has 3 aromatic rings. The Morgan fingerprint density at radius 2 is 1.85 bits per heavy atom. The molecule has 1 amide bonds. The molecule has 180 valence electrons. The average Bonchev–Trinajstić information content (AvgIpc) is 3.32. The number of carbonyl (C=O) groups is 1. The quantitative estimate of drug-likeness (QED) is 0.393. The maximum absolute atomic E-state index is 13.6. The lowest BCUT2D eigenvalue weighted by atomic mass is 10.0. The van der Waals surface area contributed by atoms with Crippen LogP contribution in [0.1, 0.15) is 41.6 Å². The molecule has 34 heavy (non-hydrogen) atoms. The lowest BCUT2D eigenvalue weighted by molar-refractivity contribution is 0.0723.